The van der Waals surface area contributed by atoms with Crippen LogP contribution in [0.5, 0.6) is 5.75 Å². The number of fused-ring (bicyclic) bond motifs is 1. The van der Waals surface area contributed by atoms with E-state index in [-0.39, 0.29) is 34.9 Å². The predicted octanol–water partition coefficient (Wildman–Crippen LogP) is 3.40. The van der Waals surface area contributed by atoms with Gasteiger partial charge in [0.2, 0.25) is 21.8 Å². The molecule has 2 heterocycles. The van der Waals surface area contributed by atoms with Crippen molar-refractivity contribution in [3.05, 3.63) is 48.0 Å². The number of anilines is 1. The van der Waals surface area contributed by atoms with E-state index in [4.69, 9.17) is 4.74 Å². The maximum atomic E-state index is 13.3. The smallest absolute Gasteiger partial charge is 0.243 e. The van der Waals surface area contributed by atoms with E-state index < -0.39 is 10.0 Å². The molecule has 0 bridgehead atoms. The highest BCUT2D eigenvalue weighted by Gasteiger charge is 2.31. The number of nitrogens with one attached hydrogen (secondary N) is 1. The molecule has 188 valence electrons. The predicted molar refractivity (Wildman–Crippen MR) is 136 cm³/mol. The Bertz CT molecular complexity index is 1200. The van der Waals surface area contributed by atoms with Crippen molar-refractivity contribution in [2.24, 2.45) is 0 Å². The number of thioether (sulfide) groups is 1. The average molecular weight is 518 g/mol. The first-order chi connectivity index (χ1) is 16.8. The van der Waals surface area contributed by atoms with Gasteiger partial charge in [-0.15, -0.1) is 11.8 Å². The number of hydrogen-bond acceptors (Lipinski definition) is 6. The number of carbonyl (C=O) groups excluding carboxylic acids is 2. The lowest BCUT2D eigenvalue weighted by Crippen LogP contribution is -2.41. The number of amides is 2. The van der Waals surface area contributed by atoms with Crippen LogP contribution in [0.15, 0.2) is 52.3 Å². The highest BCUT2D eigenvalue weighted by Crippen LogP contribution is 2.39. The normalized spacial score (nSPS) is 19.1. The molecule has 0 unspecified atom stereocenters. The summed E-state index contributed by atoms with van der Waals surface area (Å²) in [6.07, 6.45) is 2.97. The Morgan fingerprint density at radius 2 is 1.91 bits per heavy atom. The monoisotopic (exact) mass is 517 g/mol. The van der Waals surface area contributed by atoms with Crippen molar-refractivity contribution in [3.8, 4) is 5.75 Å². The van der Waals surface area contributed by atoms with Crippen molar-refractivity contribution in [2.45, 2.75) is 54.2 Å². The maximum absolute atomic E-state index is 13.3. The minimum Gasteiger partial charge on any atom is -0.497 e. The highest BCUT2D eigenvalue weighted by atomic mass is 32.2. The second-order valence-electron chi connectivity index (χ2n) is 8.84. The molecule has 2 aliphatic heterocycles. The van der Waals surface area contributed by atoms with Crippen LogP contribution < -0.4 is 15.0 Å². The summed E-state index contributed by atoms with van der Waals surface area (Å²) in [5.41, 5.74) is 1.35. The second kappa shape index (κ2) is 11.0. The van der Waals surface area contributed by atoms with E-state index in [0.29, 0.717) is 31.1 Å². The molecule has 1 fully saturated rings. The minimum atomic E-state index is -3.67. The summed E-state index contributed by atoms with van der Waals surface area (Å²) < 4.78 is 33.3. The lowest BCUT2D eigenvalue weighted by Gasteiger charge is -2.27. The molecule has 4 rings (SSSR count). The highest BCUT2D eigenvalue weighted by molar-refractivity contribution is 8.00. The Kier molecular flexibility index (Phi) is 8.03. The molecule has 0 radical (unpaired) electrons. The number of carbonyl (C=O) groups is 2. The maximum Gasteiger partial charge on any atom is 0.243 e. The van der Waals surface area contributed by atoms with Gasteiger partial charge in [-0.3, -0.25) is 9.59 Å². The Hall–Kier alpha value is -2.56. The molecule has 1 atom stereocenters. The van der Waals surface area contributed by atoms with Crippen LogP contribution in [-0.2, 0) is 26.2 Å². The van der Waals surface area contributed by atoms with Crippen LogP contribution in [0.25, 0.3) is 0 Å². The average Bonchev–Trinajstić information content (AvgIpc) is 2.98. The van der Waals surface area contributed by atoms with Gasteiger partial charge in [0.1, 0.15) is 12.3 Å². The van der Waals surface area contributed by atoms with Gasteiger partial charge >= 0.3 is 0 Å². The summed E-state index contributed by atoms with van der Waals surface area (Å²) in [6.45, 7) is 3.06. The van der Waals surface area contributed by atoms with Crippen molar-refractivity contribution in [3.63, 3.8) is 0 Å². The number of nitrogens with zero attached hydrogens (tertiary/aromatic N) is 2. The molecular weight excluding hydrogens is 486 g/mol. The van der Waals surface area contributed by atoms with Crippen molar-refractivity contribution < 1.29 is 22.7 Å². The van der Waals surface area contributed by atoms with Gasteiger partial charge in [0, 0.05) is 36.2 Å². The number of sulfonamides is 1. The van der Waals surface area contributed by atoms with E-state index in [1.165, 1.54) is 21.0 Å². The van der Waals surface area contributed by atoms with Gasteiger partial charge in [-0.05, 0) is 48.7 Å². The zero-order chi connectivity index (χ0) is 25.0. The summed E-state index contributed by atoms with van der Waals surface area (Å²) in [4.78, 5) is 28.3. The van der Waals surface area contributed by atoms with Gasteiger partial charge in [-0.2, -0.15) is 4.31 Å². The summed E-state index contributed by atoms with van der Waals surface area (Å²) in [5, 5.41) is 2.87. The quantitative estimate of drug-likeness (QED) is 0.605. The van der Waals surface area contributed by atoms with E-state index in [0.717, 1.165) is 29.7 Å². The summed E-state index contributed by atoms with van der Waals surface area (Å²) in [6, 6.07) is 12.3. The zero-order valence-electron chi connectivity index (χ0n) is 20.0. The topological polar surface area (TPSA) is 96.0 Å². The molecule has 8 nitrogen and oxygen atoms in total. The van der Waals surface area contributed by atoms with E-state index in [2.05, 4.69) is 5.32 Å². The molecule has 2 aromatic carbocycles. The zero-order valence-corrected chi connectivity index (χ0v) is 21.7. The van der Waals surface area contributed by atoms with Crippen molar-refractivity contribution in [1.29, 1.82) is 0 Å². The van der Waals surface area contributed by atoms with Crippen molar-refractivity contribution in [2.75, 3.05) is 31.6 Å². The van der Waals surface area contributed by atoms with Crippen molar-refractivity contribution >= 4 is 39.3 Å². The largest absolute Gasteiger partial charge is 0.497 e. The van der Waals surface area contributed by atoms with Crippen LogP contribution in [-0.4, -0.2) is 56.5 Å². The summed E-state index contributed by atoms with van der Waals surface area (Å²) in [5.74, 6) is 0.172. The lowest BCUT2D eigenvalue weighted by atomic mass is 10.2. The fourth-order valence-corrected chi connectivity index (χ4v) is 6.96. The fraction of sp³-hybridized carbons (Fsp3) is 0.440. The van der Waals surface area contributed by atoms with Crippen molar-refractivity contribution in [1.82, 2.24) is 9.62 Å². The number of hydrogen-bond donors (Lipinski definition) is 1. The van der Waals surface area contributed by atoms with Crippen LogP contribution in [0.1, 0.15) is 38.2 Å². The molecule has 35 heavy (non-hydrogen) atoms. The van der Waals surface area contributed by atoms with Gasteiger partial charge in [0.15, 0.2) is 0 Å². The Labute approximate surface area is 211 Å². The molecule has 0 aliphatic carbocycles. The molecule has 10 heteroatoms. The molecule has 0 saturated carbocycles. The summed E-state index contributed by atoms with van der Waals surface area (Å²) >= 11 is 1.52. The van der Waals surface area contributed by atoms with Crippen LogP contribution in [0.2, 0.25) is 0 Å². The van der Waals surface area contributed by atoms with E-state index in [1.54, 1.807) is 25.3 Å². The van der Waals surface area contributed by atoms with E-state index in [1.807, 2.05) is 31.2 Å². The van der Waals surface area contributed by atoms with E-state index in [9.17, 15) is 18.0 Å². The minimum absolute atomic E-state index is 0.00986. The third-order valence-corrected chi connectivity index (χ3v) is 9.25. The third kappa shape index (κ3) is 5.99. The molecule has 0 spiro atoms. The Morgan fingerprint density at radius 1 is 1.14 bits per heavy atom. The second-order valence-corrected chi connectivity index (χ2v) is 12.3. The molecule has 2 aliphatic rings. The first-order valence-electron chi connectivity index (χ1n) is 11.8. The Balaban J connectivity index is 1.57. The first kappa shape index (κ1) is 25.5. The SMILES string of the molecule is COc1cccc(CNC(=O)CN2C(=O)C[C@H](C)Sc3ccc(S(=O)(=O)N4CCCCC4)cc32)c1. The number of benzene rings is 2. The molecular formula is C25H31N3O5S2. The van der Waals surface area contributed by atoms with Gasteiger partial charge in [0.25, 0.3) is 0 Å². The van der Waals surface area contributed by atoms with Crippen LogP contribution >= 0.6 is 11.8 Å². The van der Waals surface area contributed by atoms with Gasteiger partial charge in [0.05, 0.1) is 17.7 Å². The van der Waals surface area contributed by atoms with Gasteiger partial charge in [-0.1, -0.05) is 25.5 Å². The lowest BCUT2D eigenvalue weighted by molar-refractivity contribution is -0.123. The number of methoxy groups -OCH3 is 1. The Morgan fingerprint density at radius 3 is 2.66 bits per heavy atom. The molecule has 2 aromatic rings. The standard InChI is InChI=1S/C25H31N3O5S2/c1-18-13-25(30)28(17-24(29)26-16-19-7-6-8-20(14-19)33-2)22-15-21(9-10-23(22)34-18)35(31,32)27-11-4-3-5-12-27/h6-10,14-15,18H,3-5,11-13,16-17H2,1-2H3,(H,26,29)/t18-/m0/s1. The van der Waals surface area contributed by atoms with Gasteiger partial charge < -0.3 is 15.0 Å². The number of piperidine rings is 1. The van der Waals surface area contributed by atoms with Crippen LogP contribution in [0, 0.1) is 0 Å². The molecule has 2 amide bonds. The molecule has 1 saturated heterocycles. The third-order valence-electron chi connectivity index (χ3n) is 6.19. The summed E-state index contributed by atoms with van der Waals surface area (Å²) in [7, 11) is -2.09. The van der Waals surface area contributed by atoms with Gasteiger partial charge in [-0.25, -0.2) is 8.42 Å². The first-order valence-corrected chi connectivity index (χ1v) is 14.1. The number of rotatable bonds is 7. The molecule has 1 N–H and O–H groups in total. The van der Waals surface area contributed by atoms with Crippen LogP contribution in [0.4, 0.5) is 5.69 Å². The number of ether oxygens (including phenoxy) is 1. The molecule has 0 aromatic heterocycles. The fourth-order valence-electron chi connectivity index (χ4n) is 4.33. The van der Waals surface area contributed by atoms with Crippen LogP contribution in [0.3, 0.4) is 0 Å². The van der Waals surface area contributed by atoms with E-state index >= 15 is 0 Å².